The Labute approximate surface area is 160 Å². The van der Waals surface area contributed by atoms with Crippen molar-refractivity contribution in [3.8, 4) is 17.1 Å². The number of para-hydroxylation sites is 1. The molecule has 8 nitrogen and oxygen atoms in total. The number of rotatable bonds is 5. The van der Waals surface area contributed by atoms with Crippen molar-refractivity contribution in [2.45, 2.75) is 24.3 Å². The summed E-state index contributed by atoms with van der Waals surface area (Å²) in [6.07, 6.45) is 1.60. The molecule has 0 spiro atoms. The van der Waals surface area contributed by atoms with Crippen molar-refractivity contribution in [3.63, 3.8) is 0 Å². The predicted octanol–water partition coefficient (Wildman–Crippen LogP) is 2.77. The molecule has 140 valence electrons. The number of imide groups is 1. The number of nitrogens with one attached hydrogen (secondary N) is 2. The van der Waals surface area contributed by atoms with Gasteiger partial charge in [0.2, 0.25) is 5.91 Å². The standard InChI is InChI=1S/C18H19N5O3S/c1-11-14(9-10-26-11)15-21-22-18(23(15)13-7-5-4-6-8-13)27-12(2)16(24)20-17(25)19-3/h4-10,12H,1-3H3,(H2,19,20,24,25). The van der Waals surface area contributed by atoms with Crippen molar-refractivity contribution in [1.29, 1.82) is 0 Å². The molecule has 3 aromatic rings. The van der Waals surface area contributed by atoms with Crippen LogP contribution in [0.5, 0.6) is 0 Å². The zero-order valence-corrected chi connectivity index (χ0v) is 15.9. The summed E-state index contributed by atoms with van der Waals surface area (Å²) in [5.41, 5.74) is 1.68. The Hall–Kier alpha value is -3.07. The van der Waals surface area contributed by atoms with E-state index in [9.17, 15) is 9.59 Å². The highest BCUT2D eigenvalue weighted by Crippen LogP contribution is 2.31. The summed E-state index contributed by atoms with van der Waals surface area (Å²) < 4.78 is 7.27. The second kappa shape index (κ2) is 8.09. The Balaban J connectivity index is 1.96. The smallest absolute Gasteiger partial charge is 0.321 e. The molecule has 1 unspecified atom stereocenters. The van der Waals surface area contributed by atoms with Gasteiger partial charge in [0.15, 0.2) is 11.0 Å². The van der Waals surface area contributed by atoms with E-state index < -0.39 is 17.2 Å². The first-order chi connectivity index (χ1) is 13.0. The van der Waals surface area contributed by atoms with E-state index in [1.165, 1.54) is 18.8 Å². The summed E-state index contributed by atoms with van der Waals surface area (Å²) in [6, 6.07) is 10.9. The van der Waals surface area contributed by atoms with Gasteiger partial charge in [0.05, 0.1) is 17.1 Å². The quantitative estimate of drug-likeness (QED) is 0.655. The highest BCUT2D eigenvalue weighted by molar-refractivity contribution is 8.00. The molecule has 0 aliphatic carbocycles. The zero-order valence-electron chi connectivity index (χ0n) is 15.1. The maximum Gasteiger partial charge on any atom is 0.321 e. The van der Waals surface area contributed by atoms with Gasteiger partial charge < -0.3 is 9.73 Å². The lowest BCUT2D eigenvalue weighted by Crippen LogP contribution is -2.41. The van der Waals surface area contributed by atoms with Gasteiger partial charge in [0.1, 0.15) is 5.76 Å². The molecule has 2 aromatic heterocycles. The number of amides is 3. The summed E-state index contributed by atoms with van der Waals surface area (Å²) in [5.74, 6) is 0.929. The first kappa shape index (κ1) is 18.7. The molecule has 1 atom stereocenters. The fourth-order valence-corrected chi connectivity index (χ4v) is 3.30. The summed E-state index contributed by atoms with van der Waals surface area (Å²) in [5, 5.41) is 13.2. The van der Waals surface area contributed by atoms with Crippen LogP contribution in [0.1, 0.15) is 12.7 Å². The molecule has 9 heteroatoms. The molecule has 1 aromatic carbocycles. The molecule has 3 rings (SSSR count). The second-order valence-corrected chi connectivity index (χ2v) is 7.00. The lowest BCUT2D eigenvalue weighted by molar-refractivity contribution is -0.119. The molecule has 0 aliphatic rings. The van der Waals surface area contributed by atoms with Gasteiger partial charge in [-0.25, -0.2) is 4.79 Å². The van der Waals surface area contributed by atoms with Gasteiger partial charge in [-0.2, -0.15) is 0 Å². The Bertz CT molecular complexity index is 951. The van der Waals surface area contributed by atoms with Gasteiger partial charge in [-0.05, 0) is 32.0 Å². The first-order valence-electron chi connectivity index (χ1n) is 8.25. The van der Waals surface area contributed by atoms with Crippen LogP contribution < -0.4 is 10.6 Å². The van der Waals surface area contributed by atoms with Crippen molar-refractivity contribution < 1.29 is 14.0 Å². The number of carbonyl (C=O) groups is 2. The number of thioether (sulfide) groups is 1. The predicted molar refractivity (Wildman–Crippen MR) is 102 cm³/mol. The van der Waals surface area contributed by atoms with Gasteiger partial charge >= 0.3 is 6.03 Å². The van der Waals surface area contributed by atoms with Gasteiger partial charge in [-0.15, -0.1) is 10.2 Å². The van der Waals surface area contributed by atoms with E-state index in [1.54, 1.807) is 13.2 Å². The molecule has 0 radical (unpaired) electrons. The lowest BCUT2D eigenvalue weighted by Gasteiger charge is -2.13. The van der Waals surface area contributed by atoms with Crippen LogP contribution in [0.3, 0.4) is 0 Å². The summed E-state index contributed by atoms with van der Waals surface area (Å²) >= 11 is 1.22. The molecule has 0 aliphatic heterocycles. The third-order valence-electron chi connectivity index (χ3n) is 3.86. The summed E-state index contributed by atoms with van der Waals surface area (Å²) in [6.45, 7) is 3.56. The molecule has 3 amide bonds. The van der Waals surface area contributed by atoms with E-state index in [1.807, 2.05) is 47.9 Å². The van der Waals surface area contributed by atoms with Crippen molar-refractivity contribution in [1.82, 2.24) is 25.4 Å². The van der Waals surface area contributed by atoms with Crippen LogP contribution in [0.25, 0.3) is 17.1 Å². The lowest BCUT2D eigenvalue weighted by atomic mass is 10.2. The number of carbonyl (C=O) groups excluding carboxylic acids is 2. The molecule has 2 N–H and O–H groups in total. The van der Waals surface area contributed by atoms with Crippen LogP contribution in [-0.4, -0.2) is 39.0 Å². The Kier molecular flexibility index (Phi) is 5.60. The van der Waals surface area contributed by atoms with E-state index in [0.717, 1.165) is 17.0 Å². The van der Waals surface area contributed by atoms with Gasteiger partial charge in [-0.1, -0.05) is 30.0 Å². The van der Waals surface area contributed by atoms with E-state index >= 15 is 0 Å². The highest BCUT2D eigenvalue weighted by atomic mass is 32.2. The van der Waals surface area contributed by atoms with Crippen LogP contribution in [0.2, 0.25) is 0 Å². The van der Waals surface area contributed by atoms with Crippen LogP contribution in [0.4, 0.5) is 4.79 Å². The van der Waals surface area contributed by atoms with E-state index in [4.69, 9.17) is 4.42 Å². The number of urea groups is 1. The first-order valence-corrected chi connectivity index (χ1v) is 9.13. The van der Waals surface area contributed by atoms with E-state index in [0.29, 0.717) is 11.0 Å². The molecule has 2 heterocycles. The van der Waals surface area contributed by atoms with Crippen LogP contribution in [-0.2, 0) is 4.79 Å². The maximum absolute atomic E-state index is 12.2. The number of aryl methyl sites for hydroxylation is 1. The topological polar surface area (TPSA) is 102 Å². The summed E-state index contributed by atoms with van der Waals surface area (Å²) in [4.78, 5) is 23.6. The zero-order chi connectivity index (χ0) is 19.4. The Morgan fingerprint density at radius 1 is 1.19 bits per heavy atom. The number of hydrogen-bond donors (Lipinski definition) is 2. The van der Waals surface area contributed by atoms with Crippen molar-refractivity contribution >= 4 is 23.7 Å². The van der Waals surface area contributed by atoms with Crippen molar-refractivity contribution in [3.05, 3.63) is 48.4 Å². The van der Waals surface area contributed by atoms with Gasteiger partial charge in [-0.3, -0.25) is 14.7 Å². The second-order valence-electron chi connectivity index (χ2n) is 5.70. The molecular weight excluding hydrogens is 366 g/mol. The number of benzene rings is 1. The number of aromatic nitrogens is 3. The van der Waals surface area contributed by atoms with Crippen LogP contribution in [0.15, 0.2) is 52.2 Å². The average molecular weight is 385 g/mol. The molecule has 27 heavy (non-hydrogen) atoms. The number of furan rings is 1. The van der Waals surface area contributed by atoms with Crippen LogP contribution >= 0.6 is 11.8 Å². The average Bonchev–Trinajstić information content (AvgIpc) is 3.27. The molecule has 0 saturated carbocycles. The van der Waals surface area contributed by atoms with E-state index in [2.05, 4.69) is 20.8 Å². The fraction of sp³-hybridized carbons (Fsp3) is 0.222. The minimum absolute atomic E-state index is 0.414. The SMILES string of the molecule is CNC(=O)NC(=O)C(C)Sc1nnc(-c2ccoc2C)n1-c1ccccc1. The van der Waals surface area contributed by atoms with Gasteiger partial charge in [0.25, 0.3) is 0 Å². The third-order valence-corrected chi connectivity index (χ3v) is 4.91. The maximum atomic E-state index is 12.2. The largest absolute Gasteiger partial charge is 0.469 e. The van der Waals surface area contributed by atoms with E-state index in [-0.39, 0.29) is 0 Å². The fourth-order valence-electron chi connectivity index (χ4n) is 2.44. The Morgan fingerprint density at radius 2 is 1.93 bits per heavy atom. The molecular formula is C18H19N5O3S. The highest BCUT2D eigenvalue weighted by Gasteiger charge is 2.23. The minimum Gasteiger partial charge on any atom is -0.469 e. The minimum atomic E-state index is -0.549. The third kappa shape index (κ3) is 4.03. The Morgan fingerprint density at radius 3 is 2.56 bits per heavy atom. The van der Waals surface area contributed by atoms with Crippen molar-refractivity contribution in [2.24, 2.45) is 0 Å². The van der Waals surface area contributed by atoms with Gasteiger partial charge in [0, 0.05) is 12.7 Å². The summed E-state index contributed by atoms with van der Waals surface area (Å²) in [7, 11) is 1.45. The van der Waals surface area contributed by atoms with Crippen LogP contribution in [0, 0.1) is 6.92 Å². The monoisotopic (exact) mass is 385 g/mol. The van der Waals surface area contributed by atoms with Crippen molar-refractivity contribution in [2.75, 3.05) is 7.05 Å². The normalized spacial score (nSPS) is 11.8. The number of hydrogen-bond acceptors (Lipinski definition) is 6. The number of nitrogens with zero attached hydrogens (tertiary/aromatic N) is 3. The molecule has 0 saturated heterocycles. The molecule has 0 fully saturated rings. The molecule has 0 bridgehead atoms.